The zero-order chi connectivity index (χ0) is 26.9. The molecule has 0 aromatic rings. The van der Waals surface area contributed by atoms with Crippen molar-refractivity contribution in [2.24, 2.45) is 0 Å². The predicted octanol–water partition coefficient (Wildman–Crippen LogP) is 13.1. The highest BCUT2D eigenvalue weighted by atomic mass is 16.3. The zero-order valence-electron chi connectivity index (χ0n) is 25.1. The molecule has 0 aliphatic rings. The molecule has 0 unspecified atom stereocenters. The van der Waals surface area contributed by atoms with Gasteiger partial charge in [-0.15, -0.1) is 0 Å². The van der Waals surface area contributed by atoms with Crippen LogP contribution in [0, 0.1) is 0 Å². The van der Waals surface area contributed by atoms with Crippen molar-refractivity contribution in [3.8, 4) is 0 Å². The Hall–Kier alpha value is -1.50. The topological polar surface area (TPSA) is 20.2 Å². The Morgan fingerprint density at radius 3 is 1.19 bits per heavy atom. The molecule has 0 aliphatic heterocycles. The number of allylic oxidation sites excluding steroid dienone is 10. The van der Waals surface area contributed by atoms with Crippen LogP contribution in [0.1, 0.15) is 168 Å². The van der Waals surface area contributed by atoms with E-state index in [2.05, 4.69) is 68.5 Å². The van der Waals surface area contributed by atoms with E-state index >= 15 is 0 Å². The fraction of sp³-hybridized carbons (Fsp3) is 0.722. The Balaban J connectivity index is 3.38. The van der Waals surface area contributed by atoms with Gasteiger partial charge in [-0.1, -0.05) is 127 Å². The molecule has 0 saturated carbocycles. The standard InChI is InChI=1S/C36H64O/c1-3-5-7-9-11-13-15-17-19-21-23-25-27-29-31-33-35-36(37)34-32-30-28-26-24-22-20-18-16-14-12-10-8-6-4-2/h11-14,17-20,34,37H,3-10,15-16,21-33,35H2,1-2H3/b13-11-,14-12-,19-17-,20-18-,36-34?. The lowest BCUT2D eigenvalue weighted by molar-refractivity contribution is 0.376. The van der Waals surface area contributed by atoms with Crippen LogP contribution in [-0.2, 0) is 0 Å². The SMILES string of the molecule is CCCCC/C=C\C/C=C\CCCCCCC=C(O)CCCCCCCC/C=C\C/C=C\CCCCC. The van der Waals surface area contributed by atoms with Crippen molar-refractivity contribution >= 4 is 0 Å². The van der Waals surface area contributed by atoms with Crippen molar-refractivity contribution in [3.63, 3.8) is 0 Å². The molecule has 0 heterocycles. The summed E-state index contributed by atoms with van der Waals surface area (Å²) < 4.78 is 0. The summed E-state index contributed by atoms with van der Waals surface area (Å²) in [6.07, 6.45) is 50.4. The van der Waals surface area contributed by atoms with Gasteiger partial charge in [-0.05, 0) is 89.5 Å². The van der Waals surface area contributed by atoms with Crippen molar-refractivity contribution in [2.75, 3.05) is 0 Å². The summed E-state index contributed by atoms with van der Waals surface area (Å²) >= 11 is 0. The third kappa shape index (κ3) is 32.5. The van der Waals surface area contributed by atoms with E-state index in [0.29, 0.717) is 5.76 Å². The van der Waals surface area contributed by atoms with E-state index in [9.17, 15) is 5.11 Å². The molecule has 0 aromatic heterocycles. The minimum absolute atomic E-state index is 0.621. The van der Waals surface area contributed by atoms with Crippen molar-refractivity contribution in [3.05, 3.63) is 60.4 Å². The number of aliphatic hydroxyl groups excluding tert-OH is 1. The molecule has 0 spiro atoms. The lowest BCUT2D eigenvalue weighted by Gasteiger charge is -2.02. The second-order valence-corrected chi connectivity index (χ2v) is 10.7. The van der Waals surface area contributed by atoms with Gasteiger partial charge in [0.05, 0.1) is 5.76 Å². The highest BCUT2D eigenvalue weighted by molar-refractivity contribution is 4.94. The maximum atomic E-state index is 10.1. The van der Waals surface area contributed by atoms with E-state index in [4.69, 9.17) is 0 Å². The van der Waals surface area contributed by atoms with Gasteiger partial charge in [-0.3, -0.25) is 0 Å². The van der Waals surface area contributed by atoms with Gasteiger partial charge in [0.25, 0.3) is 0 Å². The van der Waals surface area contributed by atoms with E-state index < -0.39 is 0 Å². The molecule has 37 heavy (non-hydrogen) atoms. The molecule has 0 bridgehead atoms. The first-order valence-electron chi connectivity index (χ1n) is 16.3. The molecule has 0 radical (unpaired) electrons. The fourth-order valence-electron chi connectivity index (χ4n) is 4.44. The minimum Gasteiger partial charge on any atom is -0.513 e. The van der Waals surface area contributed by atoms with Crippen LogP contribution in [0.3, 0.4) is 0 Å². The molecule has 0 aliphatic carbocycles. The molecule has 0 fully saturated rings. The van der Waals surface area contributed by atoms with Gasteiger partial charge in [-0.2, -0.15) is 0 Å². The maximum Gasteiger partial charge on any atom is 0.0882 e. The van der Waals surface area contributed by atoms with Crippen LogP contribution in [0.4, 0.5) is 0 Å². The second kappa shape index (κ2) is 32.5. The first-order valence-corrected chi connectivity index (χ1v) is 16.3. The molecular weight excluding hydrogens is 448 g/mol. The van der Waals surface area contributed by atoms with Crippen molar-refractivity contribution in [2.45, 2.75) is 168 Å². The van der Waals surface area contributed by atoms with Gasteiger partial charge in [-0.25, -0.2) is 0 Å². The van der Waals surface area contributed by atoms with E-state index in [1.165, 1.54) is 122 Å². The summed E-state index contributed by atoms with van der Waals surface area (Å²) in [7, 11) is 0. The van der Waals surface area contributed by atoms with Gasteiger partial charge >= 0.3 is 0 Å². The lowest BCUT2D eigenvalue weighted by atomic mass is 10.1. The molecule has 1 heteroatoms. The minimum atomic E-state index is 0.621. The maximum absolute atomic E-state index is 10.1. The molecule has 0 rings (SSSR count). The van der Waals surface area contributed by atoms with E-state index in [-0.39, 0.29) is 0 Å². The Labute approximate surface area is 233 Å². The van der Waals surface area contributed by atoms with Crippen LogP contribution in [0.15, 0.2) is 60.4 Å². The molecule has 0 aromatic carbocycles. The molecule has 1 nitrogen and oxygen atoms in total. The lowest BCUT2D eigenvalue weighted by Crippen LogP contribution is -1.85. The van der Waals surface area contributed by atoms with Crippen LogP contribution < -0.4 is 0 Å². The van der Waals surface area contributed by atoms with E-state index in [0.717, 1.165) is 32.1 Å². The van der Waals surface area contributed by atoms with Gasteiger partial charge in [0.15, 0.2) is 0 Å². The third-order valence-corrected chi connectivity index (χ3v) is 6.92. The summed E-state index contributed by atoms with van der Waals surface area (Å²) in [6.45, 7) is 4.52. The number of hydrogen-bond acceptors (Lipinski definition) is 1. The molecule has 214 valence electrons. The van der Waals surface area contributed by atoms with Crippen LogP contribution in [0.5, 0.6) is 0 Å². The number of unbranched alkanes of at least 4 members (excludes halogenated alkanes) is 17. The van der Waals surface area contributed by atoms with Crippen LogP contribution in [0.2, 0.25) is 0 Å². The quantitative estimate of drug-likeness (QED) is 0.0627. The molecule has 0 atom stereocenters. The Bertz CT molecular complexity index is 577. The largest absolute Gasteiger partial charge is 0.513 e. The summed E-state index contributed by atoms with van der Waals surface area (Å²) in [4.78, 5) is 0. The monoisotopic (exact) mass is 512 g/mol. The number of rotatable bonds is 28. The van der Waals surface area contributed by atoms with Crippen molar-refractivity contribution in [1.82, 2.24) is 0 Å². The average Bonchev–Trinajstić information content (AvgIpc) is 2.90. The number of aliphatic hydroxyl groups is 1. The molecular formula is C36H64O. The average molecular weight is 513 g/mol. The normalized spacial score (nSPS) is 12.9. The molecule has 0 saturated heterocycles. The Kier molecular flexibility index (Phi) is 31.2. The van der Waals surface area contributed by atoms with Crippen LogP contribution in [-0.4, -0.2) is 5.11 Å². The first-order chi connectivity index (χ1) is 18.3. The molecule has 1 N–H and O–H groups in total. The summed E-state index contributed by atoms with van der Waals surface area (Å²) in [5, 5.41) is 10.1. The Morgan fingerprint density at radius 2 is 0.757 bits per heavy atom. The van der Waals surface area contributed by atoms with Gasteiger partial charge in [0.1, 0.15) is 0 Å². The van der Waals surface area contributed by atoms with Crippen molar-refractivity contribution in [1.29, 1.82) is 0 Å². The highest BCUT2D eigenvalue weighted by Crippen LogP contribution is 2.13. The number of hydrogen-bond donors (Lipinski definition) is 1. The summed E-state index contributed by atoms with van der Waals surface area (Å²) in [5.41, 5.74) is 0. The summed E-state index contributed by atoms with van der Waals surface area (Å²) in [6, 6.07) is 0. The van der Waals surface area contributed by atoms with Crippen LogP contribution in [0.25, 0.3) is 0 Å². The van der Waals surface area contributed by atoms with Gasteiger partial charge in [0.2, 0.25) is 0 Å². The summed E-state index contributed by atoms with van der Waals surface area (Å²) in [5.74, 6) is 0.621. The van der Waals surface area contributed by atoms with Crippen molar-refractivity contribution < 1.29 is 5.11 Å². The fourth-order valence-corrected chi connectivity index (χ4v) is 4.44. The van der Waals surface area contributed by atoms with Gasteiger partial charge in [0, 0.05) is 6.42 Å². The molecule has 0 amide bonds. The first kappa shape index (κ1) is 35.5. The third-order valence-electron chi connectivity index (χ3n) is 6.92. The van der Waals surface area contributed by atoms with E-state index in [1.54, 1.807) is 0 Å². The Morgan fingerprint density at radius 1 is 0.405 bits per heavy atom. The highest BCUT2D eigenvalue weighted by Gasteiger charge is 1.96. The van der Waals surface area contributed by atoms with E-state index in [1.807, 2.05) is 0 Å². The van der Waals surface area contributed by atoms with Gasteiger partial charge < -0.3 is 5.11 Å². The second-order valence-electron chi connectivity index (χ2n) is 10.7. The smallest absolute Gasteiger partial charge is 0.0882 e. The predicted molar refractivity (Wildman–Crippen MR) is 169 cm³/mol. The van der Waals surface area contributed by atoms with Crippen LogP contribution >= 0.6 is 0 Å². The zero-order valence-corrected chi connectivity index (χ0v) is 25.1.